The molecule has 0 aliphatic carbocycles. The maximum atomic E-state index is 12.6. The number of rotatable bonds is 11. The average molecular weight is 533 g/mol. The van der Waals surface area contributed by atoms with E-state index in [4.69, 9.17) is 13.7 Å². The van der Waals surface area contributed by atoms with Gasteiger partial charge in [0.05, 0.1) is 22.6 Å². The fourth-order valence-electron chi connectivity index (χ4n) is 3.05. The van der Waals surface area contributed by atoms with Crippen molar-refractivity contribution in [1.29, 1.82) is 0 Å². The van der Waals surface area contributed by atoms with Gasteiger partial charge in [-0.3, -0.25) is 4.18 Å². The molecule has 5 nitrogen and oxygen atoms in total. The Morgan fingerprint density at radius 1 is 0.909 bits per heavy atom. The van der Waals surface area contributed by atoms with Crippen LogP contribution in [-0.4, -0.2) is 27.7 Å². The molecule has 3 aromatic rings. The fraction of sp³-hybridized carbons (Fsp3) is 0.308. The summed E-state index contributed by atoms with van der Waals surface area (Å²) < 4.78 is 43.4. The number of ether oxygens (including phenoxy) is 2. The molecule has 33 heavy (non-hydrogen) atoms. The van der Waals surface area contributed by atoms with Gasteiger partial charge < -0.3 is 9.47 Å². The minimum Gasteiger partial charge on any atom is -0.490 e. The monoisotopic (exact) mass is 532 g/mol. The Morgan fingerprint density at radius 3 is 2.24 bits per heavy atom. The van der Waals surface area contributed by atoms with Crippen LogP contribution in [0.4, 0.5) is 0 Å². The molecule has 3 aromatic carbocycles. The van der Waals surface area contributed by atoms with Crippen LogP contribution in [0.3, 0.4) is 0 Å². The lowest BCUT2D eigenvalue weighted by Gasteiger charge is -2.20. The van der Waals surface area contributed by atoms with Gasteiger partial charge in [-0.1, -0.05) is 67.9 Å². The molecule has 0 aliphatic rings. The highest BCUT2D eigenvalue weighted by atomic mass is 79.9. The molecule has 7 heteroatoms. The van der Waals surface area contributed by atoms with Gasteiger partial charge >= 0.3 is 0 Å². The largest absolute Gasteiger partial charge is 0.490 e. The zero-order valence-electron chi connectivity index (χ0n) is 19.0. The molecular formula is C26H29BrO5S. The van der Waals surface area contributed by atoms with Crippen molar-refractivity contribution in [3.8, 4) is 5.75 Å². The van der Waals surface area contributed by atoms with E-state index in [-0.39, 0.29) is 18.1 Å². The van der Waals surface area contributed by atoms with Crippen LogP contribution in [-0.2, 0) is 25.6 Å². The Labute approximate surface area is 205 Å². The average Bonchev–Trinajstić information content (AvgIpc) is 2.80. The Hall–Kier alpha value is -2.19. The maximum Gasteiger partial charge on any atom is 0.297 e. The van der Waals surface area contributed by atoms with Crippen LogP contribution in [0.25, 0.3) is 0 Å². The standard InChI is InChI=1S/C26H29BrO5S/c1-19(2)22-11-14-26(25(27)15-22)31-17-23(30-16-21-7-5-4-6-8-21)18-32-33(28,29)24-12-9-20(3)10-13-24/h4-15,19,23H,16-18H2,1-3H3. The molecule has 0 N–H and O–H groups in total. The molecule has 3 rings (SSSR count). The second-order valence-electron chi connectivity index (χ2n) is 8.13. The molecule has 176 valence electrons. The number of hydrogen-bond acceptors (Lipinski definition) is 5. The highest BCUT2D eigenvalue weighted by Gasteiger charge is 2.20. The van der Waals surface area contributed by atoms with E-state index in [9.17, 15) is 8.42 Å². The molecule has 0 fully saturated rings. The second kappa shape index (κ2) is 11.8. The molecule has 1 atom stereocenters. The molecule has 0 heterocycles. The number of hydrogen-bond donors (Lipinski definition) is 0. The van der Waals surface area contributed by atoms with E-state index in [1.165, 1.54) is 17.7 Å². The Bertz CT molecular complexity index is 1130. The van der Waals surface area contributed by atoms with Crippen molar-refractivity contribution in [3.63, 3.8) is 0 Å². The van der Waals surface area contributed by atoms with Gasteiger partial charge in [0.15, 0.2) is 0 Å². The third-order valence-corrected chi connectivity index (χ3v) is 7.01. The number of benzene rings is 3. The third kappa shape index (κ3) is 7.67. The summed E-state index contributed by atoms with van der Waals surface area (Å²) in [4.78, 5) is 0.114. The van der Waals surface area contributed by atoms with Crippen LogP contribution in [0.15, 0.2) is 82.2 Å². The van der Waals surface area contributed by atoms with Crippen LogP contribution in [0.2, 0.25) is 0 Å². The van der Waals surface area contributed by atoms with Crippen molar-refractivity contribution in [2.75, 3.05) is 13.2 Å². The molecule has 0 saturated carbocycles. The van der Waals surface area contributed by atoms with Gasteiger partial charge in [0.25, 0.3) is 10.1 Å². The maximum absolute atomic E-state index is 12.6. The second-order valence-corrected chi connectivity index (χ2v) is 10.6. The van der Waals surface area contributed by atoms with Gasteiger partial charge in [0, 0.05) is 0 Å². The summed E-state index contributed by atoms with van der Waals surface area (Å²) in [5.41, 5.74) is 3.14. The third-order valence-electron chi connectivity index (χ3n) is 5.09. The highest BCUT2D eigenvalue weighted by molar-refractivity contribution is 9.10. The van der Waals surface area contributed by atoms with Crippen LogP contribution in [0, 0.1) is 6.92 Å². The minimum absolute atomic E-state index is 0.114. The van der Waals surface area contributed by atoms with Gasteiger partial charge in [-0.2, -0.15) is 8.42 Å². The van der Waals surface area contributed by atoms with Crippen LogP contribution in [0.1, 0.15) is 36.5 Å². The normalized spacial score (nSPS) is 12.6. The molecule has 1 unspecified atom stereocenters. The summed E-state index contributed by atoms with van der Waals surface area (Å²) >= 11 is 3.56. The van der Waals surface area contributed by atoms with E-state index in [0.717, 1.165) is 15.6 Å². The summed E-state index contributed by atoms with van der Waals surface area (Å²) in [5, 5.41) is 0. The smallest absolute Gasteiger partial charge is 0.297 e. The van der Waals surface area contributed by atoms with Crippen molar-refractivity contribution in [1.82, 2.24) is 0 Å². The first-order valence-corrected chi connectivity index (χ1v) is 13.0. The van der Waals surface area contributed by atoms with Crippen molar-refractivity contribution in [3.05, 3.63) is 94.0 Å². The predicted octanol–water partition coefficient (Wildman–Crippen LogP) is 6.25. The van der Waals surface area contributed by atoms with Gasteiger partial charge in [0.2, 0.25) is 0 Å². The lowest BCUT2D eigenvalue weighted by Crippen LogP contribution is -2.28. The predicted molar refractivity (Wildman–Crippen MR) is 133 cm³/mol. The van der Waals surface area contributed by atoms with Crippen molar-refractivity contribution < 1.29 is 22.1 Å². The lowest BCUT2D eigenvalue weighted by molar-refractivity contribution is -0.0156. The van der Waals surface area contributed by atoms with E-state index in [1.807, 2.05) is 55.5 Å². The summed E-state index contributed by atoms with van der Waals surface area (Å²) in [6.07, 6.45) is -0.595. The summed E-state index contributed by atoms with van der Waals surface area (Å²) in [6.45, 7) is 6.44. The van der Waals surface area contributed by atoms with E-state index in [1.54, 1.807) is 12.1 Å². The van der Waals surface area contributed by atoms with E-state index < -0.39 is 16.2 Å². The first kappa shape index (κ1) is 25.4. The van der Waals surface area contributed by atoms with Crippen molar-refractivity contribution in [2.45, 2.75) is 44.3 Å². The SMILES string of the molecule is Cc1ccc(S(=O)(=O)OCC(COc2ccc(C(C)C)cc2Br)OCc2ccccc2)cc1. The van der Waals surface area contributed by atoms with Gasteiger partial charge in [-0.15, -0.1) is 0 Å². The Morgan fingerprint density at radius 2 is 1.61 bits per heavy atom. The summed E-state index contributed by atoms with van der Waals surface area (Å²) in [7, 11) is -3.91. The molecule has 0 amide bonds. The van der Waals surface area contributed by atoms with Gasteiger partial charge in [-0.05, 0) is 64.2 Å². The van der Waals surface area contributed by atoms with E-state index in [0.29, 0.717) is 18.3 Å². The molecule has 0 radical (unpaired) electrons. The zero-order chi connectivity index (χ0) is 23.8. The quantitative estimate of drug-likeness (QED) is 0.273. The fourth-order valence-corrected chi connectivity index (χ4v) is 4.49. The zero-order valence-corrected chi connectivity index (χ0v) is 21.4. The first-order chi connectivity index (χ1) is 15.7. The van der Waals surface area contributed by atoms with E-state index in [2.05, 4.69) is 29.8 Å². The molecule has 0 saturated heterocycles. The molecule has 0 aliphatic heterocycles. The number of halogens is 1. The minimum atomic E-state index is -3.91. The van der Waals surface area contributed by atoms with Gasteiger partial charge in [-0.25, -0.2) is 0 Å². The Balaban J connectivity index is 1.68. The molecule has 0 aromatic heterocycles. The van der Waals surface area contributed by atoms with Crippen LogP contribution in [0.5, 0.6) is 5.75 Å². The lowest BCUT2D eigenvalue weighted by atomic mass is 10.0. The van der Waals surface area contributed by atoms with Crippen LogP contribution >= 0.6 is 15.9 Å². The van der Waals surface area contributed by atoms with Crippen LogP contribution < -0.4 is 4.74 Å². The Kier molecular flexibility index (Phi) is 9.09. The molecule has 0 bridgehead atoms. The summed E-state index contributed by atoms with van der Waals surface area (Å²) in [6, 6.07) is 22.2. The summed E-state index contributed by atoms with van der Waals surface area (Å²) in [5.74, 6) is 1.06. The first-order valence-electron chi connectivity index (χ1n) is 10.8. The topological polar surface area (TPSA) is 61.8 Å². The van der Waals surface area contributed by atoms with Crippen molar-refractivity contribution in [2.24, 2.45) is 0 Å². The number of aryl methyl sites for hydroxylation is 1. The van der Waals surface area contributed by atoms with Gasteiger partial charge in [0.1, 0.15) is 18.5 Å². The van der Waals surface area contributed by atoms with Crippen molar-refractivity contribution >= 4 is 26.0 Å². The highest BCUT2D eigenvalue weighted by Crippen LogP contribution is 2.29. The van der Waals surface area contributed by atoms with E-state index >= 15 is 0 Å². The molecular weight excluding hydrogens is 504 g/mol. The molecule has 0 spiro atoms.